The molecule has 0 bridgehead atoms. The van der Waals surface area contributed by atoms with Crippen molar-refractivity contribution < 1.29 is 43.0 Å². The molecule has 1 aliphatic rings. The Kier molecular flexibility index (Phi) is 15.6. The Morgan fingerprint density at radius 2 is 1.39 bits per heavy atom. The van der Waals surface area contributed by atoms with Crippen molar-refractivity contribution in [1.29, 1.82) is 0 Å². The summed E-state index contributed by atoms with van der Waals surface area (Å²) in [6.45, 7) is 12.7. The fourth-order valence-corrected chi connectivity index (χ4v) is 6.39. The second-order valence-corrected chi connectivity index (χ2v) is 15.7. The Morgan fingerprint density at radius 3 is 1.91 bits per heavy atom. The van der Waals surface area contributed by atoms with Crippen molar-refractivity contribution in [3.05, 3.63) is 71.8 Å². The molecular formula is C41H56N4O9. The van der Waals surface area contributed by atoms with Crippen molar-refractivity contribution in [2.24, 2.45) is 11.7 Å². The standard InChI is InChI=1S/C41H56N4O9/c1-8-9-16-28(36(49)31(46)21-22-33(48)43-34(37(42)50)26-17-12-10-13-18-26)23-32(47)30-24-29(53-40(2,3)4)25-45(30)38(51)35(27-19-14-11-15-20-27)44-39(52)54-41(5,6)7/h10-15,17-20,28-30,34-35H,8-9,16,21-25H2,1-7H3,(H2,42,50)(H,43,48)(H,44,52)/t28?,29-,30+,34+,35+/m1/s1. The zero-order chi connectivity index (χ0) is 40.2. The fraction of sp³-hybridized carbons (Fsp3) is 0.537. The minimum atomic E-state index is -1.19. The van der Waals surface area contributed by atoms with Crippen LogP contribution in [0, 0.1) is 5.92 Å². The zero-order valence-electron chi connectivity index (χ0n) is 32.5. The number of nitrogens with one attached hydrogen (secondary N) is 2. The number of carbonyl (C=O) groups is 7. The summed E-state index contributed by atoms with van der Waals surface area (Å²) in [5.74, 6) is -4.93. The smallest absolute Gasteiger partial charge is 0.408 e. The van der Waals surface area contributed by atoms with Gasteiger partial charge in [-0.05, 0) is 59.1 Å². The Bertz CT molecular complexity index is 1630. The number of rotatable bonds is 18. The van der Waals surface area contributed by atoms with Crippen molar-refractivity contribution in [1.82, 2.24) is 15.5 Å². The van der Waals surface area contributed by atoms with E-state index in [4.69, 9.17) is 15.2 Å². The van der Waals surface area contributed by atoms with Crippen LogP contribution in [0.3, 0.4) is 0 Å². The average molecular weight is 749 g/mol. The number of hydrogen-bond acceptors (Lipinski definition) is 9. The van der Waals surface area contributed by atoms with Crippen molar-refractivity contribution in [2.45, 2.75) is 129 Å². The molecule has 4 N–H and O–H groups in total. The Labute approximate surface area is 318 Å². The first-order valence-corrected chi connectivity index (χ1v) is 18.6. The third kappa shape index (κ3) is 13.5. The molecule has 2 aromatic rings. The van der Waals surface area contributed by atoms with Gasteiger partial charge in [0.05, 0.1) is 17.7 Å². The highest BCUT2D eigenvalue weighted by Crippen LogP contribution is 2.31. The van der Waals surface area contributed by atoms with E-state index in [1.807, 2.05) is 27.7 Å². The molecule has 0 saturated carbocycles. The van der Waals surface area contributed by atoms with Crippen molar-refractivity contribution >= 4 is 41.2 Å². The molecule has 294 valence electrons. The maximum atomic E-state index is 14.4. The average Bonchev–Trinajstić information content (AvgIpc) is 3.52. The molecule has 13 heteroatoms. The number of likely N-dealkylation sites (tertiary alicyclic amines) is 1. The first kappa shape index (κ1) is 43.5. The van der Waals surface area contributed by atoms with Gasteiger partial charge in [0.1, 0.15) is 17.7 Å². The number of amides is 4. The van der Waals surface area contributed by atoms with Crippen LogP contribution < -0.4 is 16.4 Å². The van der Waals surface area contributed by atoms with E-state index in [0.29, 0.717) is 24.0 Å². The van der Waals surface area contributed by atoms with Gasteiger partial charge in [-0.3, -0.25) is 28.8 Å². The molecule has 4 amide bonds. The molecule has 2 aromatic carbocycles. The van der Waals surface area contributed by atoms with Crippen LogP contribution in [0.15, 0.2) is 60.7 Å². The van der Waals surface area contributed by atoms with Gasteiger partial charge in [-0.2, -0.15) is 0 Å². The summed E-state index contributed by atoms with van der Waals surface area (Å²) in [7, 11) is 0. The molecule has 0 aromatic heterocycles. The van der Waals surface area contributed by atoms with Crippen molar-refractivity contribution in [2.75, 3.05) is 6.54 Å². The van der Waals surface area contributed by atoms with Gasteiger partial charge in [-0.25, -0.2) is 4.79 Å². The molecule has 3 rings (SSSR count). The first-order chi connectivity index (χ1) is 25.3. The van der Waals surface area contributed by atoms with Crippen molar-refractivity contribution in [3.8, 4) is 0 Å². The van der Waals surface area contributed by atoms with E-state index in [2.05, 4.69) is 10.6 Å². The van der Waals surface area contributed by atoms with Gasteiger partial charge in [-0.1, -0.05) is 80.4 Å². The highest BCUT2D eigenvalue weighted by molar-refractivity contribution is 6.38. The summed E-state index contributed by atoms with van der Waals surface area (Å²) < 4.78 is 11.7. The summed E-state index contributed by atoms with van der Waals surface area (Å²) in [6.07, 6.45) is -0.748. The number of hydrogen-bond donors (Lipinski definition) is 3. The number of nitrogens with two attached hydrogens (primary N) is 1. The molecule has 0 aliphatic carbocycles. The molecule has 0 radical (unpaired) electrons. The lowest BCUT2D eigenvalue weighted by Crippen LogP contribution is -2.48. The van der Waals surface area contributed by atoms with Gasteiger partial charge in [0, 0.05) is 38.1 Å². The third-order valence-corrected chi connectivity index (χ3v) is 8.78. The van der Waals surface area contributed by atoms with Gasteiger partial charge < -0.3 is 30.7 Å². The number of ether oxygens (including phenoxy) is 2. The number of unbranched alkanes of at least 4 members (excludes halogenated alkanes) is 1. The fourth-order valence-electron chi connectivity index (χ4n) is 6.39. The highest BCUT2D eigenvalue weighted by Gasteiger charge is 2.45. The topological polar surface area (TPSA) is 191 Å². The van der Waals surface area contributed by atoms with Crippen molar-refractivity contribution in [3.63, 3.8) is 0 Å². The minimum absolute atomic E-state index is 0.0583. The van der Waals surface area contributed by atoms with Crippen LogP contribution in [0.1, 0.15) is 117 Å². The monoisotopic (exact) mass is 748 g/mol. The van der Waals surface area contributed by atoms with E-state index in [0.717, 1.165) is 0 Å². The zero-order valence-corrected chi connectivity index (χ0v) is 32.5. The first-order valence-electron chi connectivity index (χ1n) is 18.6. The number of nitrogens with zero attached hydrogens (tertiary/aromatic N) is 1. The summed E-state index contributed by atoms with van der Waals surface area (Å²) in [5.41, 5.74) is 5.03. The normalized spacial score (nSPS) is 17.5. The predicted molar refractivity (Wildman–Crippen MR) is 202 cm³/mol. The second kappa shape index (κ2) is 19.4. The van der Waals surface area contributed by atoms with Gasteiger partial charge >= 0.3 is 6.09 Å². The molecule has 1 heterocycles. The Hall–Kier alpha value is -4.91. The predicted octanol–water partition coefficient (Wildman–Crippen LogP) is 5.06. The summed E-state index contributed by atoms with van der Waals surface area (Å²) in [4.78, 5) is 94.5. The molecule has 1 fully saturated rings. The van der Waals surface area contributed by atoms with Crippen LogP contribution in [-0.2, 0) is 38.2 Å². The molecule has 54 heavy (non-hydrogen) atoms. The lowest BCUT2D eigenvalue weighted by atomic mass is 9.87. The number of carbonyl (C=O) groups excluding carboxylic acids is 7. The molecule has 5 atom stereocenters. The van der Waals surface area contributed by atoms with Crippen LogP contribution in [-0.4, -0.2) is 76.0 Å². The lowest BCUT2D eigenvalue weighted by molar-refractivity contribution is -0.143. The SMILES string of the molecule is CCCCC(CC(=O)[C@@H]1C[C@@H](OC(C)(C)C)CN1C(=O)[C@@H](NC(=O)OC(C)(C)C)c1ccccc1)C(=O)C(=O)CCC(=O)N[C@H](C(N)=O)c1ccccc1. The Morgan fingerprint density at radius 1 is 0.815 bits per heavy atom. The molecule has 1 aliphatic heterocycles. The number of alkyl carbamates (subject to hydrolysis) is 1. The maximum absolute atomic E-state index is 14.4. The van der Waals surface area contributed by atoms with Crippen LogP contribution in [0.2, 0.25) is 0 Å². The van der Waals surface area contributed by atoms with Gasteiger partial charge in [0.2, 0.25) is 17.6 Å². The van der Waals surface area contributed by atoms with Gasteiger partial charge in [0.25, 0.3) is 5.91 Å². The number of benzene rings is 2. The molecule has 0 spiro atoms. The van der Waals surface area contributed by atoms with E-state index in [9.17, 15) is 33.6 Å². The summed E-state index contributed by atoms with van der Waals surface area (Å²) in [5, 5.41) is 5.20. The Balaban J connectivity index is 1.81. The summed E-state index contributed by atoms with van der Waals surface area (Å²) >= 11 is 0. The molecule has 1 saturated heterocycles. The van der Waals surface area contributed by atoms with Crippen LogP contribution in [0.4, 0.5) is 4.79 Å². The number of Topliss-reactive ketones (excluding diaryl/α,β-unsaturated/α-hetero) is 3. The van der Waals surface area contributed by atoms with E-state index in [1.165, 1.54) is 4.90 Å². The van der Waals surface area contributed by atoms with E-state index >= 15 is 0 Å². The molecule has 13 nitrogen and oxygen atoms in total. The van der Waals surface area contributed by atoms with Gasteiger partial charge in [0.15, 0.2) is 11.6 Å². The largest absolute Gasteiger partial charge is 0.444 e. The van der Waals surface area contributed by atoms with Crippen LogP contribution in [0.5, 0.6) is 0 Å². The number of primary amides is 1. The van der Waals surface area contributed by atoms with E-state index < -0.39 is 88.9 Å². The number of ketones is 3. The quantitative estimate of drug-likeness (QED) is 0.175. The molecular weight excluding hydrogens is 692 g/mol. The van der Waals surface area contributed by atoms with Gasteiger partial charge in [-0.15, -0.1) is 0 Å². The minimum Gasteiger partial charge on any atom is -0.444 e. The lowest BCUT2D eigenvalue weighted by Gasteiger charge is -2.30. The maximum Gasteiger partial charge on any atom is 0.408 e. The summed E-state index contributed by atoms with van der Waals surface area (Å²) in [6, 6.07) is 13.7. The third-order valence-electron chi connectivity index (χ3n) is 8.78. The van der Waals surface area contributed by atoms with E-state index in [-0.39, 0.29) is 32.2 Å². The second-order valence-electron chi connectivity index (χ2n) is 15.7. The van der Waals surface area contributed by atoms with Crippen LogP contribution in [0.25, 0.3) is 0 Å². The molecule has 1 unspecified atom stereocenters. The van der Waals surface area contributed by atoms with E-state index in [1.54, 1.807) is 81.4 Å². The van der Waals surface area contributed by atoms with Crippen LogP contribution >= 0.6 is 0 Å². The highest BCUT2D eigenvalue weighted by atomic mass is 16.6.